The number of amides is 2. The number of nitrogens with zero attached hydrogens (tertiary/aromatic N) is 1. The summed E-state index contributed by atoms with van der Waals surface area (Å²) in [5.41, 5.74) is 2.10. The number of hydrogen-bond acceptors (Lipinski definition) is 4. The zero-order valence-electron chi connectivity index (χ0n) is 19.8. The number of benzene rings is 2. The van der Waals surface area contributed by atoms with Crippen LogP contribution in [0.3, 0.4) is 0 Å². The van der Waals surface area contributed by atoms with Crippen molar-refractivity contribution in [1.82, 2.24) is 15.2 Å². The number of hydrogen-bond donors (Lipinski definition) is 2. The third-order valence-electron chi connectivity index (χ3n) is 5.28. The number of ether oxygens (including phenoxy) is 1. The number of fused-ring (bicyclic) bond motifs is 1. The van der Waals surface area contributed by atoms with E-state index in [1.54, 1.807) is 6.07 Å². The largest absolute Gasteiger partial charge is 0.413 e. The Morgan fingerprint density at radius 2 is 1.70 bits per heavy atom. The molecule has 1 aromatic heterocycles. The highest BCUT2D eigenvalue weighted by atomic mass is 16.6. The van der Waals surface area contributed by atoms with Crippen LogP contribution in [-0.4, -0.2) is 23.6 Å². The zero-order chi connectivity index (χ0) is 24.1. The van der Waals surface area contributed by atoms with Crippen LogP contribution in [0.4, 0.5) is 4.79 Å². The van der Waals surface area contributed by atoms with Crippen LogP contribution in [0.2, 0.25) is 0 Å². The minimum absolute atomic E-state index is 0.0469. The molecule has 2 amide bonds. The molecular weight excluding hydrogens is 418 g/mol. The minimum atomic E-state index is -0.649. The fourth-order valence-corrected chi connectivity index (χ4v) is 3.64. The van der Waals surface area contributed by atoms with Gasteiger partial charge in [0, 0.05) is 36.8 Å². The van der Waals surface area contributed by atoms with Crippen LogP contribution in [0, 0.1) is 11.8 Å². The van der Waals surface area contributed by atoms with Crippen molar-refractivity contribution in [2.45, 2.75) is 40.8 Å². The first-order chi connectivity index (χ1) is 15.7. The number of carbonyl (C=O) groups excluding carboxylic acids is 2. The molecular formula is C26H31N3O4. The summed E-state index contributed by atoms with van der Waals surface area (Å²) in [5, 5.41) is 6.58. The van der Waals surface area contributed by atoms with Gasteiger partial charge in [-0.1, -0.05) is 64.1 Å². The van der Waals surface area contributed by atoms with E-state index in [0.717, 1.165) is 11.1 Å². The highest BCUT2D eigenvalue weighted by Gasteiger charge is 2.22. The monoisotopic (exact) mass is 449 g/mol. The molecule has 174 valence electrons. The van der Waals surface area contributed by atoms with Gasteiger partial charge in [-0.3, -0.25) is 14.2 Å². The highest BCUT2D eigenvalue weighted by Crippen LogP contribution is 2.36. The van der Waals surface area contributed by atoms with Crippen LogP contribution < -0.4 is 20.9 Å². The Labute approximate surface area is 193 Å². The SMILES string of the molecule is CNC(=O)Oc1c(-c2ccccc2)c2cc(CNC(=O)C(C)C)ccc2c(=O)n1CC(C)C. The van der Waals surface area contributed by atoms with Crippen LogP contribution in [0.25, 0.3) is 21.9 Å². The Morgan fingerprint density at radius 3 is 2.30 bits per heavy atom. The third kappa shape index (κ3) is 5.42. The molecule has 0 spiro atoms. The first kappa shape index (κ1) is 24.0. The summed E-state index contributed by atoms with van der Waals surface area (Å²) in [5.74, 6) is 0.187. The first-order valence-electron chi connectivity index (χ1n) is 11.1. The number of rotatable bonds is 7. The van der Waals surface area contributed by atoms with Gasteiger partial charge in [-0.05, 0) is 29.2 Å². The second-order valence-corrected chi connectivity index (χ2v) is 8.75. The normalized spacial score (nSPS) is 11.1. The zero-order valence-corrected chi connectivity index (χ0v) is 19.8. The maximum absolute atomic E-state index is 13.5. The molecule has 3 rings (SSSR count). The number of carbonyl (C=O) groups is 2. The van der Waals surface area contributed by atoms with E-state index in [1.807, 2.05) is 70.2 Å². The van der Waals surface area contributed by atoms with Crippen LogP contribution >= 0.6 is 0 Å². The van der Waals surface area contributed by atoms with Crippen molar-refractivity contribution in [3.05, 3.63) is 64.4 Å². The van der Waals surface area contributed by atoms with Gasteiger partial charge < -0.3 is 15.4 Å². The van der Waals surface area contributed by atoms with Gasteiger partial charge in [-0.15, -0.1) is 0 Å². The molecule has 0 atom stereocenters. The summed E-state index contributed by atoms with van der Waals surface area (Å²) >= 11 is 0. The van der Waals surface area contributed by atoms with E-state index in [4.69, 9.17) is 4.74 Å². The minimum Gasteiger partial charge on any atom is -0.392 e. The van der Waals surface area contributed by atoms with Gasteiger partial charge in [0.25, 0.3) is 5.56 Å². The van der Waals surface area contributed by atoms with E-state index in [9.17, 15) is 14.4 Å². The second kappa shape index (κ2) is 10.3. The average Bonchev–Trinajstić information content (AvgIpc) is 2.80. The highest BCUT2D eigenvalue weighted by molar-refractivity contribution is 5.99. The molecule has 0 bridgehead atoms. The number of pyridine rings is 1. The van der Waals surface area contributed by atoms with Crippen molar-refractivity contribution in [3.8, 4) is 17.0 Å². The van der Waals surface area contributed by atoms with Crippen LogP contribution in [0.15, 0.2) is 53.3 Å². The molecule has 33 heavy (non-hydrogen) atoms. The lowest BCUT2D eigenvalue weighted by molar-refractivity contribution is -0.124. The summed E-state index contributed by atoms with van der Waals surface area (Å²) in [7, 11) is 1.48. The molecule has 2 N–H and O–H groups in total. The van der Waals surface area contributed by atoms with E-state index in [-0.39, 0.29) is 29.2 Å². The molecule has 0 aliphatic rings. The molecule has 3 aromatic rings. The van der Waals surface area contributed by atoms with Crippen molar-refractivity contribution in [2.24, 2.45) is 11.8 Å². The van der Waals surface area contributed by atoms with E-state index in [2.05, 4.69) is 10.6 Å². The Hall–Kier alpha value is -3.61. The average molecular weight is 450 g/mol. The summed E-state index contributed by atoms with van der Waals surface area (Å²) in [6.07, 6.45) is -0.649. The smallest absolute Gasteiger partial charge is 0.392 e. The Balaban J connectivity index is 2.30. The van der Waals surface area contributed by atoms with Gasteiger partial charge >= 0.3 is 6.09 Å². The van der Waals surface area contributed by atoms with Crippen LogP contribution in [0.5, 0.6) is 5.88 Å². The summed E-state index contributed by atoms with van der Waals surface area (Å²) in [4.78, 5) is 37.8. The molecule has 7 nitrogen and oxygen atoms in total. The van der Waals surface area contributed by atoms with Gasteiger partial charge in [0.05, 0.1) is 5.56 Å². The molecule has 0 radical (unpaired) electrons. The fourth-order valence-electron chi connectivity index (χ4n) is 3.64. The molecule has 0 fully saturated rings. The van der Waals surface area contributed by atoms with Crippen molar-refractivity contribution < 1.29 is 14.3 Å². The quantitative estimate of drug-likeness (QED) is 0.562. The molecule has 0 unspecified atom stereocenters. The van der Waals surface area contributed by atoms with Crippen molar-refractivity contribution in [1.29, 1.82) is 0 Å². The van der Waals surface area contributed by atoms with Crippen LogP contribution in [0.1, 0.15) is 33.3 Å². The van der Waals surface area contributed by atoms with E-state index in [0.29, 0.717) is 29.4 Å². The van der Waals surface area contributed by atoms with E-state index >= 15 is 0 Å². The van der Waals surface area contributed by atoms with Crippen molar-refractivity contribution in [2.75, 3.05) is 7.05 Å². The number of nitrogens with one attached hydrogen (secondary N) is 2. The topological polar surface area (TPSA) is 89.4 Å². The van der Waals surface area contributed by atoms with Gasteiger partial charge in [-0.2, -0.15) is 0 Å². The van der Waals surface area contributed by atoms with E-state index < -0.39 is 6.09 Å². The molecule has 7 heteroatoms. The van der Waals surface area contributed by atoms with Crippen molar-refractivity contribution in [3.63, 3.8) is 0 Å². The molecule has 0 aliphatic carbocycles. The van der Waals surface area contributed by atoms with Crippen molar-refractivity contribution >= 4 is 22.8 Å². The standard InChI is InChI=1S/C26H31N3O4/c1-16(2)15-29-24(31)20-12-11-18(14-28-23(30)17(3)4)13-21(20)22(19-9-7-6-8-10-19)25(29)33-26(32)27-5/h6-13,16-17H,14-15H2,1-5H3,(H,27,32)(H,28,30). The molecule has 0 aliphatic heterocycles. The molecule has 1 heterocycles. The third-order valence-corrected chi connectivity index (χ3v) is 5.28. The first-order valence-corrected chi connectivity index (χ1v) is 11.1. The van der Waals surface area contributed by atoms with Gasteiger partial charge in [0.2, 0.25) is 11.8 Å². The molecule has 2 aromatic carbocycles. The van der Waals surface area contributed by atoms with E-state index in [1.165, 1.54) is 11.6 Å². The fraction of sp³-hybridized carbons (Fsp3) is 0.346. The summed E-state index contributed by atoms with van der Waals surface area (Å²) < 4.78 is 7.22. The molecule has 0 saturated carbocycles. The Kier molecular flexibility index (Phi) is 7.53. The lowest BCUT2D eigenvalue weighted by atomic mass is 9.97. The van der Waals surface area contributed by atoms with Gasteiger partial charge in [0.15, 0.2) is 0 Å². The summed E-state index contributed by atoms with van der Waals surface area (Å²) in [6, 6.07) is 15.0. The molecule has 0 saturated heterocycles. The lowest BCUT2D eigenvalue weighted by Gasteiger charge is -2.21. The predicted molar refractivity (Wildman–Crippen MR) is 130 cm³/mol. The maximum Gasteiger partial charge on any atom is 0.413 e. The second-order valence-electron chi connectivity index (χ2n) is 8.75. The lowest BCUT2D eigenvalue weighted by Crippen LogP contribution is -2.30. The van der Waals surface area contributed by atoms with Gasteiger partial charge in [-0.25, -0.2) is 4.79 Å². The Morgan fingerprint density at radius 1 is 1.00 bits per heavy atom. The summed E-state index contributed by atoms with van der Waals surface area (Å²) in [6.45, 7) is 8.41. The van der Waals surface area contributed by atoms with Gasteiger partial charge in [0.1, 0.15) is 0 Å². The predicted octanol–water partition coefficient (Wildman–Crippen LogP) is 4.31. The Bertz CT molecular complexity index is 1210. The maximum atomic E-state index is 13.5. The van der Waals surface area contributed by atoms with Crippen LogP contribution in [-0.2, 0) is 17.9 Å². The number of aromatic nitrogens is 1.